The van der Waals surface area contributed by atoms with E-state index in [0.717, 1.165) is 5.56 Å². The first-order valence-corrected chi connectivity index (χ1v) is 5.99. The van der Waals surface area contributed by atoms with Crippen molar-refractivity contribution >= 4 is 17.4 Å². The molecule has 0 saturated carbocycles. The molecule has 0 aliphatic heterocycles. The summed E-state index contributed by atoms with van der Waals surface area (Å²) in [4.78, 5) is 9.93. The lowest BCUT2D eigenvalue weighted by atomic mass is 10.2. The zero-order chi connectivity index (χ0) is 13.8. The normalized spacial score (nSPS) is 10.3. The summed E-state index contributed by atoms with van der Waals surface area (Å²) in [5.74, 6) is 0.475. The molecular formula is C13H13ClFN3O. The average molecular weight is 282 g/mol. The second kappa shape index (κ2) is 5.84. The summed E-state index contributed by atoms with van der Waals surface area (Å²) in [5, 5.41) is 0.324. The number of halogens is 2. The molecule has 0 radical (unpaired) electrons. The molecule has 0 aliphatic carbocycles. The molecule has 100 valence electrons. The topological polar surface area (TPSA) is 38.2 Å². The van der Waals surface area contributed by atoms with Crippen LogP contribution >= 0.6 is 11.6 Å². The average Bonchev–Trinajstić information content (AvgIpc) is 2.39. The molecule has 4 nitrogen and oxygen atoms in total. The van der Waals surface area contributed by atoms with Crippen molar-refractivity contribution in [1.29, 1.82) is 0 Å². The van der Waals surface area contributed by atoms with Gasteiger partial charge in [-0.05, 0) is 17.7 Å². The molecule has 6 heteroatoms. The van der Waals surface area contributed by atoms with Gasteiger partial charge in [0.1, 0.15) is 11.0 Å². The van der Waals surface area contributed by atoms with Crippen molar-refractivity contribution < 1.29 is 9.13 Å². The van der Waals surface area contributed by atoms with Gasteiger partial charge in [0.25, 0.3) is 0 Å². The van der Waals surface area contributed by atoms with E-state index in [1.165, 1.54) is 19.4 Å². The molecule has 2 rings (SSSR count). The Morgan fingerprint density at radius 1 is 1.37 bits per heavy atom. The van der Waals surface area contributed by atoms with E-state index in [4.69, 9.17) is 16.3 Å². The third kappa shape index (κ3) is 3.32. The van der Waals surface area contributed by atoms with Crippen molar-refractivity contribution in [3.05, 3.63) is 47.1 Å². The van der Waals surface area contributed by atoms with E-state index in [0.29, 0.717) is 17.5 Å². The number of hydrogen-bond acceptors (Lipinski definition) is 4. The van der Waals surface area contributed by atoms with Crippen LogP contribution in [0.4, 0.5) is 10.2 Å². The number of anilines is 1. The Morgan fingerprint density at radius 3 is 2.79 bits per heavy atom. The van der Waals surface area contributed by atoms with Crippen molar-refractivity contribution in [1.82, 2.24) is 9.97 Å². The van der Waals surface area contributed by atoms with Crippen LogP contribution in [0, 0.1) is 5.82 Å². The van der Waals surface area contributed by atoms with Gasteiger partial charge in [0.2, 0.25) is 0 Å². The summed E-state index contributed by atoms with van der Waals surface area (Å²) in [6.07, 6.45) is 3.07. The lowest BCUT2D eigenvalue weighted by Gasteiger charge is -2.18. The van der Waals surface area contributed by atoms with E-state index in [-0.39, 0.29) is 11.6 Å². The zero-order valence-electron chi connectivity index (χ0n) is 10.6. The molecule has 0 fully saturated rings. The van der Waals surface area contributed by atoms with Crippen LogP contribution in [0.2, 0.25) is 5.15 Å². The molecule has 19 heavy (non-hydrogen) atoms. The number of ether oxygens (including phenoxy) is 1. The molecule has 1 aromatic carbocycles. The SMILES string of the molecule is COc1ccc(CN(C)c2cncc(Cl)n2)cc1F. The summed E-state index contributed by atoms with van der Waals surface area (Å²) in [6.45, 7) is 0.496. The fraction of sp³-hybridized carbons (Fsp3) is 0.231. The first-order valence-electron chi connectivity index (χ1n) is 5.61. The molecule has 0 atom stereocenters. The summed E-state index contributed by atoms with van der Waals surface area (Å²) >= 11 is 5.78. The second-order valence-corrected chi connectivity index (χ2v) is 4.41. The minimum absolute atomic E-state index is 0.231. The Kier molecular flexibility index (Phi) is 4.16. The maximum absolute atomic E-state index is 13.6. The van der Waals surface area contributed by atoms with Gasteiger partial charge in [-0.25, -0.2) is 9.37 Å². The first-order chi connectivity index (χ1) is 9.10. The Hall–Kier alpha value is -1.88. The maximum Gasteiger partial charge on any atom is 0.165 e. The van der Waals surface area contributed by atoms with Crippen LogP contribution in [0.15, 0.2) is 30.6 Å². The molecule has 0 unspecified atom stereocenters. The minimum atomic E-state index is -0.384. The van der Waals surface area contributed by atoms with Gasteiger partial charge in [0.05, 0.1) is 19.5 Å². The van der Waals surface area contributed by atoms with Crippen LogP contribution in [0.25, 0.3) is 0 Å². The highest BCUT2D eigenvalue weighted by Gasteiger charge is 2.08. The molecule has 0 amide bonds. The Labute approximate surface area is 115 Å². The number of hydrogen-bond donors (Lipinski definition) is 0. The zero-order valence-corrected chi connectivity index (χ0v) is 11.4. The van der Waals surface area contributed by atoms with Crippen molar-refractivity contribution in [3.8, 4) is 5.75 Å². The van der Waals surface area contributed by atoms with Crippen molar-refractivity contribution in [2.75, 3.05) is 19.1 Å². The fourth-order valence-corrected chi connectivity index (χ4v) is 1.82. The largest absolute Gasteiger partial charge is 0.494 e. The molecule has 0 spiro atoms. The van der Waals surface area contributed by atoms with Gasteiger partial charge in [-0.3, -0.25) is 4.98 Å². The number of aromatic nitrogens is 2. The van der Waals surface area contributed by atoms with Gasteiger partial charge in [0, 0.05) is 13.6 Å². The van der Waals surface area contributed by atoms with Gasteiger partial charge in [-0.2, -0.15) is 0 Å². The molecule has 0 aliphatic rings. The third-order valence-electron chi connectivity index (χ3n) is 2.62. The Balaban J connectivity index is 2.14. The molecule has 0 saturated heterocycles. The number of nitrogens with zero attached hydrogens (tertiary/aromatic N) is 3. The van der Waals surface area contributed by atoms with E-state index < -0.39 is 0 Å². The standard InChI is InChI=1S/C13H13ClFN3O/c1-18(13-7-16-6-12(14)17-13)8-9-3-4-11(19-2)10(15)5-9/h3-7H,8H2,1-2H3. The third-order valence-corrected chi connectivity index (χ3v) is 2.80. The molecular weight excluding hydrogens is 269 g/mol. The highest BCUT2D eigenvalue weighted by atomic mass is 35.5. The summed E-state index contributed by atoms with van der Waals surface area (Å²) < 4.78 is 18.5. The first kappa shape index (κ1) is 13.5. The van der Waals surface area contributed by atoms with Crippen LogP contribution in [-0.4, -0.2) is 24.1 Å². The summed E-state index contributed by atoms with van der Waals surface area (Å²) in [6, 6.07) is 4.84. The monoisotopic (exact) mass is 281 g/mol. The fourth-order valence-electron chi connectivity index (χ4n) is 1.68. The molecule has 2 aromatic rings. The van der Waals surface area contributed by atoms with Gasteiger partial charge >= 0.3 is 0 Å². The van der Waals surface area contributed by atoms with Crippen LogP contribution in [0.5, 0.6) is 5.75 Å². The quantitative estimate of drug-likeness (QED) is 0.864. The predicted molar refractivity (Wildman–Crippen MR) is 72.1 cm³/mol. The smallest absolute Gasteiger partial charge is 0.165 e. The highest BCUT2D eigenvalue weighted by Crippen LogP contribution is 2.20. The Bertz CT molecular complexity index is 580. The van der Waals surface area contributed by atoms with Gasteiger partial charge < -0.3 is 9.64 Å². The molecule has 0 bridgehead atoms. The van der Waals surface area contributed by atoms with Gasteiger partial charge in [0.15, 0.2) is 11.6 Å². The van der Waals surface area contributed by atoms with Crippen molar-refractivity contribution in [3.63, 3.8) is 0 Å². The van der Waals surface area contributed by atoms with E-state index >= 15 is 0 Å². The van der Waals surface area contributed by atoms with E-state index in [9.17, 15) is 4.39 Å². The number of rotatable bonds is 4. The second-order valence-electron chi connectivity index (χ2n) is 4.02. The van der Waals surface area contributed by atoms with Crippen LogP contribution < -0.4 is 9.64 Å². The van der Waals surface area contributed by atoms with E-state index in [1.54, 1.807) is 18.3 Å². The molecule has 1 heterocycles. The van der Waals surface area contributed by atoms with Gasteiger partial charge in [-0.15, -0.1) is 0 Å². The number of benzene rings is 1. The number of methoxy groups -OCH3 is 1. The highest BCUT2D eigenvalue weighted by molar-refractivity contribution is 6.29. The van der Waals surface area contributed by atoms with Gasteiger partial charge in [-0.1, -0.05) is 17.7 Å². The van der Waals surface area contributed by atoms with Crippen LogP contribution in [0.3, 0.4) is 0 Å². The lowest BCUT2D eigenvalue weighted by Crippen LogP contribution is -2.18. The van der Waals surface area contributed by atoms with E-state index in [2.05, 4.69) is 9.97 Å². The molecule has 1 aromatic heterocycles. The maximum atomic E-state index is 13.6. The predicted octanol–water partition coefficient (Wildman–Crippen LogP) is 2.91. The Morgan fingerprint density at radius 2 is 2.16 bits per heavy atom. The summed E-state index contributed by atoms with van der Waals surface area (Å²) in [7, 11) is 3.27. The van der Waals surface area contributed by atoms with Crippen LogP contribution in [-0.2, 0) is 6.54 Å². The van der Waals surface area contributed by atoms with Crippen LogP contribution in [0.1, 0.15) is 5.56 Å². The minimum Gasteiger partial charge on any atom is -0.494 e. The molecule has 0 N–H and O–H groups in total. The van der Waals surface area contributed by atoms with E-state index in [1.807, 2.05) is 11.9 Å². The summed E-state index contributed by atoms with van der Waals surface area (Å²) in [5.41, 5.74) is 0.808. The van der Waals surface area contributed by atoms with Crippen molar-refractivity contribution in [2.45, 2.75) is 6.54 Å². The van der Waals surface area contributed by atoms with Crippen molar-refractivity contribution in [2.24, 2.45) is 0 Å². The lowest BCUT2D eigenvalue weighted by molar-refractivity contribution is 0.386.